The normalized spacial score (nSPS) is 12.4. The van der Waals surface area contributed by atoms with Gasteiger partial charge in [0.25, 0.3) is 0 Å². The Morgan fingerprint density at radius 1 is 1.57 bits per heavy atom. The van der Waals surface area contributed by atoms with Crippen LogP contribution in [-0.2, 0) is 0 Å². The molecule has 0 fully saturated rings. The Kier molecular flexibility index (Phi) is 3.98. The van der Waals surface area contributed by atoms with Gasteiger partial charge in [0.05, 0.1) is 0 Å². The zero-order valence-electron chi connectivity index (χ0n) is 7.91. The first-order chi connectivity index (χ1) is 6.65. The Hall–Kier alpha value is -0.990. The minimum atomic E-state index is -0.188. The van der Waals surface area contributed by atoms with E-state index < -0.39 is 0 Å². The van der Waals surface area contributed by atoms with E-state index in [1.54, 1.807) is 24.3 Å². The second-order valence-electron chi connectivity index (χ2n) is 3.18. The second kappa shape index (κ2) is 5.03. The molecule has 1 aromatic carbocycles. The number of nitrogens with two attached hydrogens (primary N) is 1. The van der Waals surface area contributed by atoms with Gasteiger partial charge in [-0.15, -0.1) is 6.58 Å². The summed E-state index contributed by atoms with van der Waals surface area (Å²) in [5.41, 5.74) is 6.58. The van der Waals surface area contributed by atoms with Gasteiger partial charge in [-0.3, -0.25) is 0 Å². The van der Waals surface area contributed by atoms with E-state index >= 15 is 0 Å². The van der Waals surface area contributed by atoms with E-state index in [-0.39, 0.29) is 11.8 Å². The van der Waals surface area contributed by atoms with Crippen molar-refractivity contribution in [2.45, 2.75) is 18.9 Å². The minimum absolute atomic E-state index is 0.188. The quantitative estimate of drug-likeness (QED) is 0.753. The minimum Gasteiger partial charge on any atom is -0.508 e. The van der Waals surface area contributed by atoms with Gasteiger partial charge >= 0.3 is 0 Å². The van der Waals surface area contributed by atoms with Crippen LogP contribution in [0.15, 0.2) is 30.9 Å². The van der Waals surface area contributed by atoms with Crippen molar-refractivity contribution in [1.82, 2.24) is 0 Å². The monoisotopic (exact) mass is 211 g/mol. The molecule has 1 rings (SSSR count). The number of allylic oxidation sites excluding steroid dienone is 1. The molecule has 1 atom stereocenters. The lowest BCUT2D eigenvalue weighted by atomic mass is 10.0. The lowest BCUT2D eigenvalue weighted by Crippen LogP contribution is -2.09. The predicted octanol–water partition coefficient (Wildman–Crippen LogP) is 3.01. The Morgan fingerprint density at radius 2 is 2.29 bits per heavy atom. The van der Waals surface area contributed by atoms with Crippen molar-refractivity contribution in [3.63, 3.8) is 0 Å². The number of aromatic hydroxyl groups is 1. The lowest BCUT2D eigenvalue weighted by Gasteiger charge is -2.12. The zero-order valence-corrected chi connectivity index (χ0v) is 8.67. The first-order valence-corrected chi connectivity index (χ1v) is 4.88. The maximum atomic E-state index is 9.54. The highest BCUT2D eigenvalue weighted by molar-refractivity contribution is 6.30. The van der Waals surface area contributed by atoms with E-state index in [9.17, 15) is 5.11 Å². The summed E-state index contributed by atoms with van der Waals surface area (Å²) in [5, 5.41) is 10.1. The van der Waals surface area contributed by atoms with Gasteiger partial charge < -0.3 is 10.8 Å². The van der Waals surface area contributed by atoms with Crippen molar-refractivity contribution in [2.75, 3.05) is 0 Å². The van der Waals surface area contributed by atoms with Crippen LogP contribution >= 0.6 is 11.6 Å². The van der Waals surface area contributed by atoms with Crippen molar-refractivity contribution in [3.8, 4) is 5.75 Å². The molecule has 3 N–H and O–H groups in total. The third-order valence-electron chi connectivity index (χ3n) is 2.07. The van der Waals surface area contributed by atoms with Crippen molar-refractivity contribution in [3.05, 3.63) is 41.4 Å². The number of benzene rings is 1. The molecule has 0 radical (unpaired) electrons. The molecular weight excluding hydrogens is 198 g/mol. The number of hydrogen-bond acceptors (Lipinski definition) is 2. The summed E-state index contributed by atoms with van der Waals surface area (Å²) in [5.74, 6) is 0.200. The van der Waals surface area contributed by atoms with Crippen LogP contribution in [0.3, 0.4) is 0 Å². The largest absolute Gasteiger partial charge is 0.508 e. The number of phenolic OH excluding ortho intramolecular Hbond substituents is 1. The summed E-state index contributed by atoms with van der Waals surface area (Å²) in [6.45, 7) is 3.62. The Bertz CT molecular complexity index is 325. The molecule has 0 heterocycles. The number of halogens is 1. The molecule has 0 saturated heterocycles. The number of rotatable bonds is 4. The summed E-state index contributed by atoms with van der Waals surface area (Å²) in [6, 6.07) is 4.71. The molecule has 0 amide bonds. The second-order valence-corrected chi connectivity index (χ2v) is 3.61. The van der Waals surface area contributed by atoms with Gasteiger partial charge in [0, 0.05) is 16.6 Å². The van der Waals surface area contributed by atoms with E-state index in [2.05, 4.69) is 6.58 Å². The van der Waals surface area contributed by atoms with E-state index in [4.69, 9.17) is 17.3 Å². The maximum Gasteiger partial charge on any atom is 0.120 e. The summed E-state index contributed by atoms with van der Waals surface area (Å²) in [7, 11) is 0. The number of hydrogen-bond donors (Lipinski definition) is 2. The van der Waals surface area contributed by atoms with Gasteiger partial charge in [-0.25, -0.2) is 0 Å². The molecule has 0 spiro atoms. The molecule has 0 unspecified atom stereocenters. The summed E-state index contributed by atoms with van der Waals surface area (Å²) < 4.78 is 0. The highest BCUT2D eigenvalue weighted by Crippen LogP contribution is 2.28. The van der Waals surface area contributed by atoms with Gasteiger partial charge in [0.15, 0.2) is 0 Å². The first kappa shape index (κ1) is 11.1. The fourth-order valence-electron chi connectivity index (χ4n) is 1.28. The van der Waals surface area contributed by atoms with E-state index in [1.807, 2.05) is 0 Å². The molecule has 0 aromatic heterocycles. The molecule has 0 aliphatic rings. The fourth-order valence-corrected chi connectivity index (χ4v) is 1.46. The Balaban J connectivity index is 2.82. The highest BCUT2D eigenvalue weighted by Gasteiger charge is 2.10. The van der Waals surface area contributed by atoms with Gasteiger partial charge in [-0.1, -0.05) is 17.7 Å². The van der Waals surface area contributed by atoms with Crippen LogP contribution in [0.4, 0.5) is 0 Å². The smallest absolute Gasteiger partial charge is 0.120 e. The third-order valence-corrected chi connectivity index (χ3v) is 2.31. The average Bonchev–Trinajstić information content (AvgIpc) is 2.18. The molecule has 76 valence electrons. The van der Waals surface area contributed by atoms with Crippen molar-refractivity contribution >= 4 is 11.6 Å². The summed E-state index contributed by atoms with van der Waals surface area (Å²) in [4.78, 5) is 0. The molecular formula is C11H14ClNO. The van der Waals surface area contributed by atoms with Crippen molar-refractivity contribution in [1.29, 1.82) is 0 Å². The van der Waals surface area contributed by atoms with Crippen molar-refractivity contribution < 1.29 is 5.11 Å². The molecule has 0 aliphatic carbocycles. The summed E-state index contributed by atoms with van der Waals surface area (Å²) in [6.07, 6.45) is 3.39. The molecule has 0 saturated carbocycles. The molecule has 3 heteroatoms. The number of phenols is 1. The van der Waals surface area contributed by atoms with Crippen molar-refractivity contribution in [2.24, 2.45) is 5.73 Å². The van der Waals surface area contributed by atoms with E-state index in [1.165, 1.54) is 0 Å². The molecule has 0 aliphatic heterocycles. The van der Waals surface area contributed by atoms with Gasteiger partial charge in [0.1, 0.15) is 5.75 Å². The predicted molar refractivity (Wildman–Crippen MR) is 59.5 cm³/mol. The van der Waals surface area contributed by atoms with Crippen LogP contribution in [0.2, 0.25) is 5.02 Å². The van der Waals surface area contributed by atoms with Crippen LogP contribution in [0.25, 0.3) is 0 Å². The van der Waals surface area contributed by atoms with Gasteiger partial charge in [-0.2, -0.15) is 0 Å². The molecule has 2 nitrogen and oxygen atoms in total. The Labute approximate surface area is 89.0 Å². The molecule has 0 bridgehead atoms. The van der Waals surface area contributed by atoms with E-state index in [0.29, 0.717) is 10.6 Å². The topological polar surface area (TPSA) is 46.2 Å². The van der Waals surface area contributed by atoms with Crippen LogP contribution in [0.1, 0.15) is 24.4 Å². The van der Waals surface area contributed by atoms with Crippen LogP contribution in [0.5, 0.6) is 5.75 Å². The molecule has 1 aromatic rings. The lowest BCUT2D eigenvalue weighted by molar-refractivity contribution is 0.459. The zero-order chi connectivity index (χ0) is 10.6. The van der Waals surface area contributed by atoms with Gasteiger partial charge in [-0.05, 0) is 31.0 Å². The van der Waals surface area contributed by atoms with E-state index in [0.717, 1.165) is 12.8 Å². The SMILES string of the molecule is C=CCC[C@H](N)c1cc(Cl)ccc1O. The first-order valence-electron chi connectivity index (χ1n) is 4.50. The Morgan fingerprint density at radius 3 is 2.93 bits per heavy atom. The van der Waals surface area contributed by atoms with Crippen LogP contribution in [0, 0.1) is 0 Å². The maximum absolute atomic E-state index is 9.54. The van der Waals surface area contributed by atoms with Gasteiger partial charge in [0.2, 0.25) is 0 Å². The highest BCUT2D eigenvalue weighted by atomic mass is 35.5. The van der Waals surface area contributed by atoms with Crippen LogP contribution < -0.4 is 5.73 Å². The standard InChI is InChI=1S/C11H14ClNO/c1-2-3-4-10(13)9-7-8(12)5-6-11(9)14/h2,5-7,10,14H,1,3-4,13H2/t10-/m0/s1. The van der Waals surface area contributed by atoms with Crippen LogP contribution in [-0.4, -0.2) is 5.11 Å². The fraction of sp³-hybridized carbons (Fsp3) is 0.273. The average molecular weight is 212 g/mol. The summed E-state index contributed by atoms with van der Waals surface area (Å²) >= 11 is 5.81. The third kappa shape index (κ3) is 2.76. The molecule has 14 heavy (non-hydrogen) atoms.